The molecular formula is C54H34N2. The quantitative estimate of drug-likeness (QED) is 0.161. The van der Waals surface area contributed by atoms with Crippen LogP contribution in [0.2, 0.25) is 0 Å². The largest absolute Gasteiger partial charge is 0.307 e. The zero-order valence-electron chi connectivity index (χ0n) is 30.5. The first-order chi connectivity index (χ1) is 27.8. The van der Waals surface area contributed by atoms with E-state index < -0.39 is 0 Å². The van der Waals surface area contributed by atoms with Crippen LogP contribution in [0, 0.1) is 0 Å². The van der Waals surface area contributed by atoms with Crippen LogP contribution in [0.3, 0.4) is 0 Å². The van der Waals surface area contributed by atoms with Gasteiger partial charge >= 0.3 is 0 Å². The molecule has 0 atom stereocenters. The van der Waals surface area contributed by atoms with Gasteiger partial charge in [0.1, 0.15) is 0 Å². The third-order valence-electron chi connectivity index (χ3n) is 11.9. The van der Waals surface area contributed by atoms with Crippen LogP contribution in [0.4, 0.5) is 0 Å². The molecule has 0 aliphatic rings. The minimum absolute atomic E-state index is 1.14. The van der Waals surface area contributed by atoms with Crippen molar-refractivity contribution in [3.63, 3.8) is 0 Å². The monoisotopic (exact) mass is 710 g/mol. The van der Waals surface area contributed by atoms with Crippen molar-refractivity contribution in [3.8, 4) is 33.6 Å². The van der Waals surface area contributed by atoms with E-state index in [4.69, 9.17) is 0 Å². The summed E-state index contributed by atoms with van der Waals surface area (Å²) in [7, 11) is 0. The molecule has 2 aromatic heterocycles. The lowest BCUT2D eigenvalue weighted by Gasteiger charge is -2.17. The van der Waals surface area contributed by atoms with Crippen molar-refractivity contribution in [1.29, 1.82) is 0 Å². The normalized spacial score (nSPS) is 11.9. The maximum atomic E-state index is 2.54. The lowest BCUT2D eigenvalue weighted by atomic mass is 9.89. The van der Waals surface area contributed by atoms with Gasteiger partial charge in [-0.3, -0.25) is 0 Å². The average molecular weight is 711 g/mol. The summed E-state index contributed by atoms with van der Waals surface area (Å²) < 4.78 is 5.07. The standard InChI is InChI=1S/C54H34N2/c1-3-16-35(17-4-1)37-30-32-39(33-31-37)55-47-28-13-11-26-45(47)51-49-43-24-9-7-22-41(43)42-23-8-10-25-44(42)50(49)52-46-27-12-14-29-48(46)56(54(52)53(51)55)40-21-15-20-38(34-40)36-18-5-2-6-19-36/h1-34H. The van der Waals surface area contributed by atoms with Crippen molar-refractivity contribution in [2.75, 3.05) is 0 Å². The molecule has 0 fully saturated rings. The molecule has 12 rings (SSSR count). The topological polar surface area (TPSA) is 9.86 Å². The van der Waals surface area contributed by atoms with E-state index in [1.165, 1.54) is 98.2 Å². The molecule has 0 bridgehead atoms. The van der Waals surface area contributed by atoms with E-state index in [0.29, 0.717) is 0 Å². The fourth-order valence-electron chi connectivity index (χ4n) is 9.52. The second kappa shape index (κ2) is 12.0. The van der Waals surface area contributed by atoms with Gasteiger partial charge in [-0.2, -0.15) is 0 Å². The maximum absolute atomic E-state index is 2.54. The van der Waals surface area contributed by atoms with Crippen LogP contribution in [0.5, 0.6) is 0 Å². The van der Waals surface area contributed by atoms with Gasteiger partial charge in [-0.15, -0.1) is 0 Å². The summed E-state index contributed by atoms with van der Waals surface area (Å²) in [4.78, 5) is 0. The van der Waals surface area contributed by atoms with Gasteiger partial charge in [0.2, 0.25) is 0 Å². The molecule has 0 saturated carbocycles. The molecule has 0 saturated heterocycles. The molecule has 260 valence electrons. The van der Waals surface area contributed by atoms with Crippen molar-refractivity contribution in [2.24, 2.45) is 0 Å². The Morgan fingerprint density at radius 2 is 0.625 bits per heavy atom. The third kappa shape index (κ3) is 4.38. The van der Waals surface area contributed by atoms with E-state index in [1.807, 2.05) is 0 Å². The molecule has 2 nitrogen and oxygen atoms in total. The third-order valence-corrected chi connectivity index (χ3v) is 11.9. The van der Waals surface area contributed by atoms with Crippen LogP contribution in [0.1, 0.15) is 0 Å². The first-order valence-corrected chi connectivity index (χ1v) is 19.4. The molecule has 12 aromatic rings. The van der Waals surface area contributed by atoms with Gasteiger partial charge in [0.05, 0.1) is 22.1 Å². The molecule has 0 spiro atoms. The summed E-state index contributed by atoms with van der Waals surface area (Å²) in [6.45, 7) is 0. The number of aromatic nitrogens is 2. The van der Waals surface area contributed by atoms with Crippen LogP contribution in [0.15, 0.2) is 206 Å². The molecule has 0 aliphatic heterocycles. The molecule has 10 aromatic carbocycles. The maximum Gasteiger partial charge on any atom is 0.0795 e. The molecule has 0 radical (unpaired) electrons. The molecule has 2 heterocycles. The van der Waals surface area contributed by atoms with E-state index in [1.54, 1.807) is 0 Å². The Balaban J connectivity index is 1.35. The van der Waals surface area contributed by atoms with E-state index in [9.17, 15) is 0 Å². The summed E-state index contributed by atoms with van der Waals surface area (Å²) in [5.41, 5.74) is 11.9. The lowest BCUT2D eigenvalue weighted by Crippen LogP contribution is -1.99. The first kappa shape index (κ1) is 31.0. The second-order valence-electron chi connectivity index (χ2n) is 14.8. The lowest BCUT2D eigenvalue weighted by molar-refractivity contribution is 1.15. The van der Waals surface area contributed by atoms with Gasteiger partial charge in [0.15, 0.2) is 0 Å². The van der Waals surface area contributed by atoms with Gasteiger partial charge in [-0.05, 0) is 80.2 Å². The predicted octanol–water partition coefficient (Wildman–Crippen LogP) is 14.7. The molecule has 0 aliphatic carbocycles. The van der Waals surface area contributed by atoms with Crippen LogP contribution >= 0.6 is 0 Å². The summed E-state index contributed by atoms with van der Waals surface area (Å²) in [5, 5.41) is 12.8. The van der Waals surface area contributed by atoms with E-state index >= 15 is 0 Å². The van der Waals surface area contributed by atoms with E-state index in [2.05, 4.69) is 215 Å². The van der Waals surface area contributed by atoms with Crippen LogP contribution < -0.4 is 0 Å². The minimum atomic E-state index is 1.14. The summed E-state index contributed by atoms with van der Waals surface area (Å²) in [6.07, 6.45) is 0. The van der Waals surface area contributed by atoms with Crippen molar-refractivity contribution in [1.82, 2.24) is 9.13 Å². The predicted molar refractivity (Wildman–Crippen MR) is 239 cm³/mol. The zero-order valence-corrected chi connectivity index (χ0v) is 30.5. The van der Waals surface area contributed by atoms with Crippen LogP contribution in [0.25, 0.3) is 110 Å². The first-order valence-electron chi connectivity index (χ1n) is 19.4. The van der Waals surface area contributed by atoms with Crippen LogP contribution in [-0.4, -0.2) is 9.13 Å². The van der Waals surface area contributed by atoms with Crippen molar-refractivity contribution < 1.29 is 0 Å². The Kier molecular flexibility index (Phi) is 6.66. The van der Waals surface area contributed by atoms with Crippen molar-refractivity contribution >= 4 is 75.9 Å². The summed E-state index contributed by atoms with van der Waals surface area (Å²) in [5.74, 6) is 0. The van der Waals surface area contributed by atoms with E-state index in [-0.39, 0.29) is 0 Å². The number of benzene rings is 10. The van der Waals surface area contributed by atoms with Crippen LogP contribution in [-0.2, 0) is 0 Å². The highest BCUT2D eigenvalue weighted by atomic mass is 15.0. The number of rotatable bonds is 4. The van der Waals surface area contributed by atoms with Gasteiger partial charge in [0.25, 0.3) is 0 Å². The van der Waals surface area contributed by atoms with Gasteiger partial charge in [-0.25, -0.2) is 0 Å². The van der Waals surface area contributed by atoms with Crippen molar-refractivity contribution in [3.05, 3.63) is 206 Å². The van der Waals surface area contributed by atoms with Gasteiger partial charge in [-0.1, -0.05) is 170 Å². The highest BCUT2D eigenvalue weighted by molar-refractivity contribution is 6.45. The molecule has 2 heteroatoms. The highest BCUT2D eigenvalue weighted by Gasteiger charge is 2.27. The Morgan fingerprint density at radius 1 is 0.232 bits per heavy atom. The van der Waals surface area contributed by atoms with Gasteiger partial charge < -0.3 is 9.13 Å². The number of nitrogens with zero attached hydrogens (tertiary/aromatic N) is 2. The number of hydrogen-bond donors (Lipinski definition) is 0. The van der Waals surface area contributed by atoms with Gasteiger partial charge in [0, 0.05) is 43.7 Å². The molecule has 0 amide bonds. The highest BCUT2D eigenvalue weighted by Crippen LogP contribution is 2.51. The molecule has 0 unspecified atom stereocenters. The fourth-order valence-corrected chi connectivity index (χ4v) is 9.52. The Hall–Kier alpha value is -7.42. The fraction of sp³-hybridized carbons (Fsp3) is 0. The SMILES string of the molecule is c1ccc(-c2ccc(-n3c4ccccc4c4c5c6ccccc6c6ccccc6c5c5c6ccccc6n(-c6cccc(-c7ccccc7)c6)c5c43)cc2)cc1. The number of hydrogen-bond acceptors (Lipinski definition) is 0. The molecular weight excluding hydrogens is 677 g/mol. The molecule has 56 heavy (non-hydrogen) atoms. The average Bonchev–Trinajstić information content (AvgIpc) is 3.81. The summed E-state index contributed by atoms with van der Waals surface area (Å²) >= 11 is 0. The Bertz CT molecular complexity index is 3500. The van der Waals surface area contributed by atoms with Crippen molar-refractivity contribution in [2.45, 2.75) is 0 Å². The number of fused-ring (bicyclic) bond motifs is 15. The second-order valence-corrected chi connectivity index (χ2v) is 14.8. The minimum Gasteiger partial charge on any atom is -0.307 e. The van der Waals surface area contributed by atoms with E-state index in [0.717, 1.165) is 11.4 Å². The molecule has 0 N–H and O–H groups in total. The summed E-state index contributed by atoms with van der Waals surface area (Å²) in [6, 6.07) is 75.6. The zero-order chi connectivity index (χ0) is 36.7. The Morgan fingerprint density at radius 3 is 1.16 bits per heavy atom. The number of para-hydroxylation sites is 2. The Labute approximate surface area is 323 Å². The smallest absolute Gasteiger partial charge is 0.0795 e.